The monoisotopic (exact) mass is 316 g/mol. The van der Waals surface area contributed by atoms with Crippen LogP contribution in [0.5, 0.6) is 5.75 Å². The summed E-state index contributed by atoms with van der Waals surface area (Å²) in [4.78, 5) is 25.1. The Bertz CT molecular complexity index is 670. The fraction of sp³-hybridized carbons (Fsp3) is 0.250. The van der Waals surface area contributed by atoms with E-state index in [9.17, 15) is 9.59 Å². The smallest absolute Gasteiger partial charge is 0.266 e. The van der Waals surface area contributed by atoms with E-state index in [4.69, 9.17) is 4.74 Å². The SMILES string of the molecule is O=C(CC1Oc2ccccc2NC1=O)NCCc1cccs1. The third kappa shape index (κ3) is 3.46. The van der Waals surface area contributed by atoms with Crippen molar-refractivity contribution >= 4 is 28.8 Å². The Morgan fingerprint density at radius 3 is 2.95 bits per heavy atom. The zero-order valence-corrected chi connectivity index (χ0v) is 12.7. The number of ether oxygens (including phenoxy) is 1. The highest BCUT2D eigenvalue weighted by Gasteiger charge is 2.29. The van der Waals surface area contributed by atoms with Crippen LogP contribution in [0.15, 0.2) is 41.8 Å². The lowest BCUT2D eigenvalue weighted by Gasteiger charge is -2.25. The summed E-state index contributed by atoms with van der Waals surface area (Å²) in [6, 6.07) is 11.2. The number of carbonyl (C=O) groups is 2. The molecule has 0 bridgehead atoms. The minimum Gasteiger partial charge on any atom is -0.478 e. The lowest BCUT2D eigenvalue weighted by atomic mass is 10.1. The van der Waals surface area contributed by atoms with Crippen molar-refractivity contribution in [1.29, 1.82) is 0 Å². The molecule has 114 valence electrons. The molecule has 5 nitrogen and oxygen atoms in total. The second kappa shape index (κ2) is 6.62. The van der Waals surface area contributed by atoms with Crippen molar-refractivity contribution in [2.24, 2.45) is 0 Å². The van der Waals surface area contributed by atoms with E-state index in [1.54, 1.807) is 23.5 Å². The summed E-state index contributed by atoms with van der Waals surface area (Å²) >= 11 is 1.66. The zero-order chi connectivity index (χ0) is 15.4. The molecule has 0 saturated carbocycles. The predicted octanol–water partition coefficient (Wildman–Crippen LogP) is 2.20. The maximum Gasteiger partial charge on any atom is 0.266 e. The summed E-state index contributed by atoms with van der Waals surface area (Å²) in [5, 5.41) is 7.58. The first-order valence-corrected chi connectivity index (χ1v) is 7.96. The van der Waals surface area contributed by atoms with Crippen molar-refractivity contribution in [1.82, 2.24) is 5.32 Å². The van der Waals surface area contributed by atoms with Crippen LogP contribution in [-0.4, -0.2) is 24.5 Å². The average molecular weight is 316 g/mol. The second-order valence-corrected chi connectivity index (χ2v) is 6.01. The highest BCUT2D eigenvalue weighted by Crippen LogP contribution is 2.29. The van der Waals surface area contributed by atoms with Gasteiger partial charge in [-0.3, -0.25) is 9.59 Å². The fourth-order valence-corrected chi connectivity index (χ4v) is 2.96. The Morgan fingerprint density at radius 1 is 1.27 bits per heavy atom. The number of anilines is 1. The average Bonchev–Trinajstić information content (AvgIpc) is 3.01. The number of thiophene rings is 1. The molecule has 0 fully saturated rings. The number of para-hydroxylation sites is 2. The number of benzene rings is 1. The van der Waals surface area contributed by atoms with Gasteiger partial charge in [-0.05, 0) is 30.0 Å². The van der Waals surface area contributed by atoms with E-state index in [0.717, 1.165) is 6.42 Å². The number of fused-ring (bicyclic) bond motifs is 1. The molecule has 1 atom stereocenters. The minimum atomic E-state index is -0.781. The molecule has 2 aromatic rings. The molecule has 0 aliphatic carbocycles. The van der Waals surface area contributed by atoms with Gasteiger partial charge in [0.05, 0.1) is 12.1 Å². The molecule has 22 heavy (non-hydrogen) atoms. The topological polar surface area (TPSA) is 67.4 Å². The Morgan fingerprint density at radius 2 is 2.14 bits per heavy atom. The molecule has 1 aliphatic heterocycles. The normalized spacial score (nSPS) is 16.4. The van der Waals surface area contributed by atoms with Crippen LogP contribution < -0.4 is 15.4 Å². The molecule has 3 rings (SSSR count). The third-order valence-corrected chi connectivity index (χ3v) is 4.29. The van der Waals surface area contributed by atoms with E-state index in [-0.39, 0.29) is 18.2 Å². The molecule has 0 radical (unpaired) electrons. The number of carbonyl (C=O) groups excluding carboxylic acids is 2. The molecular formula is C16H16N2O3S. The summed E-state index contributed by atoms with van der Waals surface area (Å²) in [5.74, 6) is 0.127. The maximum absolute atomic E-state index is 11.9. The standard InChI is InChI=1S/C16H16N2O3S/c19-15(17-8-7-11-4-3-9-22-11)10-14-16(20)18-12-5-1-2-6-13(12)21-14/h1-6,9,14H,7-8,10H2,(H,17,19)(H,18,20). The van der Waals surface area contributed by atoms with E-state index in [2.05, 4.69) is 10.6 Å². The van der Waals surface area contributed by atoms with Crippen LogP contribution in [0, 0.1) is 0 Å². The Labute approximate surface area is 132 Å². The van der Waals surface area contributed by atoms with Gasteiger partial charge >= 0.3 is 0 Å². The molecule has 2 heterocycles. The molecule has 0 spiro atoms. The zero-order valence-electron chi connectivity index (χ0n) is 11.9. The van der Waals surface area contributed by atoms with Gasteiger partial charge in [0.2, 0.25) is 5.91 Å². The predicted molar refractivity (Wildman–Crippen MR) is 85.1 cm³/mol. The highest BCUT2D eigenvalue weighted by atomic mass is 32.1. The summed E-state index contributed by atoms with van der Waals surface area (Å²) in [7, 11) is 0. The van der Waals surface area contributed by atoms with E-state index in [0.29, 0.717) is 18.0 Å². The van der Waals surface area contributed by atoms with Crippen LogP contribution in [0.3, 0.4) is 0 Å². The number of rotatable bonds is 5. The van der Waals surface area contributed by atoms with Crippen molar-refractivity contribution in [2.45, 2.75) is 18.9 Å². The van der Waals surface area contributed by atoms with Gasteiger partial charge in [0.1, 0.15) is 5.75 Å². The summed E-state index contributed by atoms with van der Waals surface area (Å²) in [6.45, 7) is 0.560. The van der Waals surface area contributed by atoms with Crippen LogP contribution in [0.1, 0.15) is 11.3 Å². The van der Waals surface area contributed by atoms with Gasteiger partial charge in [0.15, 0.2) is 6.10 Å². The first-order valence-electron chi connectivity index (χ1n) is 7.08. The van der Waals surface area contributed by atoms with Crippen LogP contribution in [-0.2, 0) is 16.0 Å². The summed E-state index contributed by atoms with van der Waals surface area (Å²) < 4.78 is 5.60. The van der Waals surface area contributed by atoms with Gasteiger partial charge < -0.3 is 15.4 Å². The Kier molecular flexibility index (Phi) is 4.39. The lowest BCUT2D eigenvalue weighted by molar-refractivity contribution is -0.130. The van der Waals surface area contributed by atoms with Gasteiger partial charge in [-0.25, -0.2) is 0 Å². The molecule has 1 aromatic heterocycles. The van der Waals surface area contributed by atoms with Crippen molar-refractivity contribution < 1.29 is 14.3 Å². The fourth-order valence-electron chi connectivity index (χ4n) is 2.25. The molecule has 1 aromatic carbocycles. The van der Waals surface area contributed by atoms with Crippen LogP contribution in [0.4, 0.5) is 5.69 Å². The quantitative estimate of drug-likeness (QED) is 0.888. The largest absolute Gasteiger partial charge is 0.478 e. The minimum absolute atomic E-state index is 0.0185. The first-order chi connectivity index (χ1) is 10.7. The number of hydrogen-bond donors (Lipinski definition) is 2. The second-order valence-electron chi connectivity index (χ2n) is 4.98. The number of hydrogen-bond acceptors (Lipinski definition) is 4. The molecule has 1 unspecified atom stereocenters. The van der Waals surface area contributed by atoms with E-state index in [1.807, 2.05) is 29.6 Å². The van der Waals surface area contributed by atoms with Gasteiger partial charge in [-0.1, -0.05) is 18.2 Å². The summed E-state index contributed by atoms with van der Waals surface area (Å²) in [5.41, 5.74) is 0.641. The van der Waals surface area contributed by atoms with Crippen LogP contribution in [0.2, 0.25) is 0 Å². The number of nitrogens with one attached hydrogen (secondary N) is 2. The number of amides is 2. The van der Waals surface area contributed by atoms with Crippen LogP contribution >= 0.6 is 11.3 Å². The molecule has 2 N–H and O–H groups in total. The van der Waals surface area contributed by atoms with Crippen molar-refractivity contribution in [3.05, 3.63) is 46.7 Å². The molecular weight excluding hydrogens is 300 g/mol. The summed E-state index contributed by atoms with van der Waals surface area (Å²) in [6.07, 6.45) is 0.0332. The highest BCUT2D eigenvalue weighted by molar-refractivity contribution is 7.09. The van der Waals surface area contributed by atoms with Crippen molar-refractivity contribution in [3.8, 4) is 5.75 Å². The first kappa shape index (κ1) is 14.6. The molecule has 2 amide bonds. The van der Waals surface area contributed by atoms with Gasteiger partial charge in [-0.15, -0.1) is 11.3 Å². The molecule has 6 heteroatoms. The van der Waals surface area contributed by atoms with Gasteiger partial charge in [0.25, 0.3) is 5.91 Å². The van der Waals surface area contributed by atoms with Gasteiger partial charge in [-0.2, -0.15) is 0 Å². The maximum atomic E-state index is 11.9. The van der Waals surface area contributed by atoms with E-state index < -0.39 is 6.10 Å². The lowest BCUT2D eigenvalue weighted by Crippen LogP contribution is -2.41. The van der Waals surface area contributed by atoms with E-state index >= 15 is 0 Å². The Balaban J connectivity index is 1.50. The Hall–Kier alpha value is -2.34. The van der Waals surface area contributed by atoms with Crippen molar-refractivity contribution in [3.63, 3.8) is 0 Å². The molecule has 0 saturated heterocycles. The third-order valence-electron chi connectivity index (χ3n) is 3.35. The van der Waals surface area contributed by atoms with Gasteiger partial charge in [0, 0.05) is 11.4 Å². The van der Waals surface area contributed by atoms with Crippen molar-refractivity contribution in [2.75, 3.05) is 11.9 Å². The molecule has 1 aliphatic rings. The van der Waals surface area contributed by atoms with Crippen LogP contribution in [0.25, 0.3) is 0 Å². The van der Waals surface area contributed by atoms with E-state index in [1.165, 1.54) is 4.88 Å².